The van der Waals surface area contributed by atoms with Crippen LogP contribution in [0.15, 0.2) is 41.6 Å². The van der Waals surface area contributed by atoms with E-state index in [-0.39, 0.29) is 17.6 Å². The number of aromatic nitrogens is 2. The van der Waals surface area contributed by atoms with Crippen molar-refractivity contribution >= 4 is 22.9 Å². The first-order valence-electron chi connectivity index (χ1n) is 12.2. The number of hydrogen-bond acceptors (Lipinski definition) is 6. The first kappa shape index (κ1) is 27.1. The molecule has 0 radical (unpaired) electrons. The van der Waals surface area contributed by atoms with Gasteiger partial charge in [0, 0.05) is 19.3 Å². The van der Waals surface area contributed by atoms with Crippen molar-refractivity contribution in [3.05, 3.63) is 47.8 Å². The number of hydrogen-bond donors (Lipinski definition) is 2. The minimum atomic E-state index is -1.65. The summed E-state index contributed by atoms with van der Waals surface area (Å²) < 4.78 is 17.3. The van der Waals surface area contributed by atoms with E-state index < -0.39 is 16.6 Å². The SMILES string of the molecule is CC(C)(C)OC(=O)N1CCC(CCC(Nc2cccc(S(N)=O)n2)c2cc(C(C)(C)C)ccn2)C1. The van der Waals surface area contributed by atoms with Crippen LogP contribution in [-0.2, 0) is 21.1 Å². The number of carbonyl (C=O) groups excluding carboxylic acids is 1. The number of nitrogens with one attached hydrogen (secondary N) is 1. The molecule has 35 heavy (non-hydrogen) atoms. The van der Waals surface area contributed by atoms with Gasteiger partial charge in [0.1, 0.15) is 27.4 Å². The van der Waals surface area contributed by atoms with E-state index in [0.717, 1.165) is 25.0 Å². The van der Waals surface area contributed by atoms with Crippen LogP contribution in [0.25, 0.3) is 0 Å². The number of nitrogens with two attached hydrogens (primary N) is 1. The molecule has 1 aliphatic rings. The summed E-state index contributed by atoms with van der Waals surface area (Å²) in [6, 6.07) is 9.38. The van der Waals surface area contributed by atoms with Gasteiger partial charge < -0.3 is 15.0 Å². The molecule has 3 unspecified atom stereocenters. The van der Waals surface area contributed by atoms with E-state index >= 15 is 0 Å². The summed E-state index contributed by atoms with van der Waals surface area (Å²) in [6.45, 7) is 13.6. The molecular formula is C26H39N5O3S. The molecule has 1 amide bonds. The van der Waals surface area contributed by atoms with E-state index in [9.17, 15) is 9.00 Å². The monoisotopic (exact) mass is 501 g/mol. The number of pyridine rings is 2. The fourth-order valence-electron chi connectivity index (χ4n) is 4.15. The second kappa shape index (κ2) is 11.0. The molecule has 1 saturated heterocycles. The fourth-order valence-corrected chi connectivity index (χ4v) is 4.55. The average molecular weight is 502 g/mol. The highest BCUT2D eigenvalue weighted by molar-refractivity contribution is 7.82. The van der Waals surface area contributed by atoms with Crippen molar-refractivity contribution in [2.75, 3.05) is 18.4 Å². The van der Waals surface area contributed by atoms with E-state index in [0.29, 0.717) is 29.9 Å². The van der Waals surface area contributed by atoms with Crippen LogP contribution in [0.3, 0.4) is 0 Å². The molecule has 0 aromatic carbocycles. The maximum atomic E-state index is 12.5. The molecule has 3 N–H and O–H groups in total. The van der Waals surface area contributed by atoms with Gasteiger partial charge in [0.2, 0.25) is 0 Å². The Labute approximate surface area is 211 Å². The van der Waals surface area contributed by atoms with Gasteiger partial charge in [-0.3, -0.25) is 4.98 Å². The van der Waals surface area contributed by atoms with E-state index in [4.69, 9.17) is 9.88 Å². The maximum Gasteiger partial charge on any atom is 0.410 e. The lowest BCUT2D eigenvalue weighted by atomic mass is 9.86. The minimum absolute atomic E-state index is 0.00374. The Morgan fingerprint density at radius 2 is 2.00 bits per heavy atom. The third-order valence-corrected chi connectivity index (χ3v) is 6.70. The van der Waals surface area contributed by atoms with Crippen LogP contribution in [0.1, 0.15) is 78.1 Å². The van der Waals surface area contributed by atoms with Gasteiger partial charge in [-0.2, -0.15) is 0 Å². The average Bonchev–Trinajstić information content (AvgIpc) is 3.24. The van der Waals surface area contributed by atoms with Crippen LogP contribution in [0.5, 0.6) is 0 Å². The first-order valence-corrected chi connectivity index (χ1v) is 13.4. The predicted octanol–water partition coefficient (Wildman–Crippen LogP) is 4.95. The van der Waals surface area contributed by atoms with Crippen molar-refractivity contribution in [1.82, 2.24) is 14.9 Å². The van der Waals surface area contributed by atoms with Crippen LogP contribution < -0.4 is 10.5 Å². The van der Waals surface area contributed by atoms with Crippen LogP contribution in [0, 0.1) is 5.92 Å². The highest BCUT2D eigenvalue weighted by Crippen LogP contribution is 2.31. The number of rotatable bonds is 7. The van der Waals surface area contributed by atoms with E-state index in [1.54, 1.807) is 17.0 Å². The van der Waals surface area contributed by atoms with Crippen molar-refractivity contribution in [2.45, 2.75) is 82.9 Å². The summed E-state index contributed by atoms with van der Waals surface area (Å²) >= 11 is 0. The molecule has 192 valence electrons. The molecule has 2 aromatic heterocycles. The molecule has 3 atom stereocenters. The molecule has 2 aromatic rings. The Morgan fingerprint density at radius 1 is 1.26 bits per heavy atom. The molecule has 0 saturated carbocycles. The Morgan fingerprint density at radius 3 is 2.66 bits per heavy atom. The first-order chi connectivity index (χ1) is 16.3. The number of amides is 1. The quantitative estimate of drug-likeness (QED) is 0.556. The van der Waals surface area contributed by atoms with Crippen LogP contribution in [0.2, 0.25) is 0 Å². The minimum Gasteiger partial charge on any atom is -0.444 e. The second-order valence-electron chi connectivity index (χ2n) is 11.2. The Bertz CT molecular complexity index is 1050. The summed E-state index contributed by atoms with van der Waals surface area (Å²) in [6.07, 6.45) is 4.28. The number of ether oxygens (including phenoxy) is 1. The van der Waals surface area contributed by atoms with Gasteiger partial charge in [0.05, 0.1) is 11.7 Å². The van der Waals surface area contributed by atoms with Crippen molar-refractivity contribution < 1.29 is 13.7 Å². The Kier molecular flexibility index (Phi) is 8.54. The summed E-state index contributed by atoms with van der Waals surface area (Å²) in [4.78, 5) is 23.4. The third kappa shape index (κ3) is 8.00. The molecule has 0 bridgehead atoms. The third-order valence-electron chi connectivity index (χ3n) is 6.06. The number of likely N-dealkylation sites (tertiary alicyclic amines) is 1. The fraction of sp³-hybridized carbons (Fsp3) is 0.577. The standard InChI is InChI=1S/C26H39N5O3S/c1-25(2,3)19-12-14-28-21(16-19)20(29-22-8-7-9-23(30-22)35(27)33)11-10-18-13-15-31(17-18)24(32)34-26(4,5)6/h7-9,12,14,16,18,20H,10-11,13,15,17,27H2,1-6H3,(H,29,30). The molecule has 8 nitrogen and oxygen atoms in total. The highest BCUT2D eigenvalue weighted by Gasteiger charge is 2.30. The Hall–Kier alpha value is -2.52. The molecular weight excluding hydrogens is 462 g/mol. The lowest BCUT2D eigenvalue weighted by molar-refractivity contribution is 0.0287. The predicted molar refractivity (Wildman–Crippen MR) is 139 cm³/mol. The molecule has 1 aliphatic heterocycles. The van der Waals surface area contributed by atoms with Crippen molar-refractivity contribution in [3.8, 4) is 0 Å². The molecule has 0 aliphatic carbocycles. The maximum absolute atomic E-state index is 12.5. The number of anilines is 1. The van der Waals surface area contributed by atoms with Gasteiger partial charge >= 0.3 is 6.09 Å². The van der Waals surface area contributed by atoms with Crippen LogP contribution >= 0.6 is 0 Å². The summed E-state index contributed by atoms with van der Waals surface area (Å²) in [5.74, 6) is 0.990. The van der Waals surface area contributed by atoms with Crippen molar-refractivity contribution in [1.29, 1.82) is 0 Å². The van der Waals surface area contributed by atoms with E-state index in [1.807, 2.05) is 39.1 Å². The molecule has 0 spiro atoms. The molecule has 1 fully saturated rings. The van der Waals surface area contributed by atoms with Gasteiger partial charge in [-0.05, 0) is 81.2 Å². The zero-order valence-corrected chi connectivity index (χ0v) is 22.5. The normalized spacial score (nSPS) is 18.3. The van der Waals surface area contributed by atoms with Gasteiger partial charge in [0.15, 0.2) is 0 Å². The van der Waals surface area contributed by atoms with Gasteiger partial charge in [-0.15, -0.1) is 0 Å². The number of nitrogens with zero attached hydrogens (tertiary/aromatic N) is 3. The lowest BCUT2D eigenvalue weighted by Crippen LogP contribution is -2.35. The number of carbonyl (C=O) groups is 1. The van der Waals surface area contributed by atoms with E-state index in [1.165, 1.54) is 5.56 Å². The van der Waals surface area contributed by atoms with Crippen LogP contribution in [-0.4, -0.2) is 43.9 Å². The summed E-state index contributed by atoms with van der Waals surface area (Å²) in [5.41, 5.74) is 1.63. The van der Waals surface area contributed by atoms with E-state index in [2.05, 4.69) is 42.1 Å². The van der Waals surface area contributed by atoms with Crippen molar-refractivity contribution in [2.24, 2.45) is 11.1 Å². The summed E-state index contributed by atoms with van der Waals surface area (Å²) in [5, 5.41) is 9.35. The van der Waals surface area contributed by atoms with Crippen molar-refractivity contribution in [3.63, 3.8) is 0 Å². The summed E-state index contributed by atoms with van der Waals surface area (Å²) in [7, 11) is -1.65. The molecule has 3 rings (SSSR count). The largest absolute Gasteiger partial charge is 0.444 e. The second-order valence-corrected chi connectivity index (χ2v) is 12.2. The molecule has 9 heteroatoms. The zero-order chi connectivity index (χ0) is 25.8. The van der Waals surface area contributed by atoms with Gasteiger partial charge in [-0.25, -0.2) is 19.1 Å². The smallest absolute Gasteiger partial charge is 0.410 e. The topological polar surface area (TPSA) is 110 Å². The molecule has 3 heterocycles. The highest BCUT2D eigenvalue weighted by atomic mass is 32.2. The lowest BCUT2D eigenvalue weighted by Gasteiger charge is -2.25. The van der Waals surface area contributed by atoms with Gasteiger partial charge in [-0.1, -0.05) is 26.8 Å². The Balaban J connectivity index is 1.75. The van der Waals surface area contributed by atoms with Gasteiger partial charge in [0.25, 0.3) is 0 Å². The zero-order valence-electron chi connectivity index (χ0n) is 21.7. The van der Waals surface area contributed by atoms with Crippen LogP contribution in [0.4, 0.5) is 10.6 Å².